The van der Waals surface area contributed by atoms with E-state index in [9.17, 15) is 19.8 Å². The van der Waals surface area contributed by atoms with E-state index < -0.39 is 12.1 Å². The van der Waals surface area contributed by atoms with Crippen molar-refractivity contribution in [3.8, 4) is 0 Å². The van der Waals surface area contributed by atoms with Crippen molar-refractivity contribution in [2.24, 2.45) is 0 Å². The van der Waals surface area contributed by atoms with Gasteiger partial charge in [-0.2, -0.15) is 0 Å². The van der Waals surface area contributed by atoms with Gasteiger partial charge >= 0.3 is 5.97 Å². The first-order valence-corrected chi connectivity index (χ1v) is 25.1. The standard InChI is InChI=1S/C53H95NO5/c1-3-5-7-9-11-13-14-15-16-17-18-21-24-27-31-35-39-43-47-53(58)59-48-44-40-36-32-28-25-22-19-20-23-26-30-34-38-42-46-52(57)54-50(49-55)51(56)45-41-37-33-29-12-10-8-6-4-2/h13-14,16-17,19,22,25,28,41,45,50-51,55-56H,3-12,15,18,20-21,23-24,26-27,29-40,42-44,46-49H2,1-2H3,(H,54,57)/b14-13-,17-16-,22-19-,28-25-,45-41+. The van der Waals surface area contributed by atoms with Gasteiger partial charge in [0, 0.05) is 12.8 Å². The maximum atomic E-state index is 12.3. The van der Waals surface area contributed by atoms with E-state index in [1.54, 1.807) is 6.08 Å². The van der Waals surface area contributed by atoms with Crippen molar-refractivity contribution in [3.05, 3.63) is 60.8 Å². The number of aliphatic hydroxyl groups is 2. The van der Waals surface area contributed by atoms with Crippen LogP contribution in [0.3, 0.4) is 0 Å². The first-order chi connectivity index (χ1) is 29.0. The first-order valence-electron chi connectivity index (χ1n) is 25.1. The molecule has 2 atom stereocenters. The number of unbranched alkanes of at least 4 members (excludes halogenated alkanes) is 27. The topological polar surface area (TPSA) is 95.9 Å². The van der Waals surface area contributed by atoms with Gasteiger partial charge in [-0.3, -0.25) is 9.59 Å². The largest absolute Gasteiger partial charge is 0.466 e. The van der Waals surface area contributed by atoms with Crippen LogP contribution in [0.15, 0.2) is 60.8 Å². The molecule has 0 spiro atoms. The molecule has 0 heterocycles. The summed E-state index contributed by atoms with van der Waals surface area (Å²) in [5.41, 5.74) is 0. The fourth-order valence-electron chi connectivity index (χ4n) is 7.12. The number of hydrogen-bond acceptors (Lipinski definition) is 5. The molecule has 3 N–H and O–H groups in total. The van der Waals surface area contributed by atoms with Gasteiger partial charge in [-0.1, -0.05) is 190 Å². The highest BCUT2D eigenvalue weighted by atomic mass is 16.5. The zero-order chi connectivity index (χ0) is 43.0. The normalized spacial score (nSPS) is 13.2. The number of carbonyl (C=O) groups is 2. The van der Waals surface area contributed by atoms with Gasteiger partial charge in [0.1, 0.15) is 0 Å². The lowest BCUT2D eigenvalue weighted by molar-refractivity contribution is -0.143. The lowest BCUT2D eigenvalue weighted by atomic mass is 10.1. The highest BCUT2D eigenvalue weighted by Crippen LogP contribution is 2.13. The Bertz CT molecular complexity index is 1050. The lowest BCUT2D eigenvalue weighted by Gasteiger charge is -2.20. The Morgan fingerprint density at radius 3 is 1.41 bits per heavy atom. The van der Waals surface area contributed by atoms with Crippen LogP contribution >= 0.6 is 0 Å². The SMILES string of the molecule is CCCCCC/C=C\C/C=C\CCCCCCCCCC(=O)OCCCCC/C=C\C=C/CCCCCCCCC(=O)NC(CO)C(O)/C=C/CCCCCCCCC. The smallest absolute Gasteiger partial charge is 0.305 e. The summed E-state index contributed by atoms with van der Waals surface area (Å²) in [4.78, 5) is 24.4. The molecular formula is C53H95NO5. The van der Waals surface area contributed by atoms with Crippen molar-refractivity contribution in [2.75, 3.05) is 13.2 Å². The molecule has 2 unspecified atom stereocenters. The molecule has 0 aromatic heterocycles. The highest BCUT2D eigenvalue weighted by molar-refractivity contribution is 5.76. The summed E-state index contributed by atoms with van der Waals surface area (Å²) in [5, 5.41) is 22.9. The Balaban J connectivity index is 3.54. The number of allylic oxidation sites excluding steroid dienone is 9. The molecule has 0 fully saturated rings. The Labute approximate surface area is 365 Å². The number of aliphatic hydroxyl groups excluding tert-OH is 2. The average Bonchev–Trinajstić information content (AvgIpc) is 3.24. The number of esters is 1. The third-order valence-corrected chi connectivity index (χ3v) is 11.0. The molecular weight excluding hydrogens is 731 g/mol. The minimum absolute atomic E-state index is 0.0318. The fraction of sp³-hybridized carbons (Fsp3) is 0.774. The second kappa shape index (κ2) is 48.2. The summed E-state index contributed by atoms with van der Waals surface area (Å²) in [5.74, 6) is -0.128. The van der Waals surface area contributed by atoms with Gasteiger partial charge in [-0.05, 0) is 96.3 Å². The maximum absolute atomic E-state index is 12.3. The van der Waals surface area contributed by atoms with E-state index in [0.29, 0.717) is 19.4 Å². The van der Waals surface area contributed by atoms with Gasteiger partial charge in [0.05, 0.1) is 25.4 Å². The summed E-state index contributed by atoms with van der Waals surface area (Å²) < 4.78 is 5.44. The van der Waals surface area contributed by atoms with Crippen LogP contribution < -0.4 is 5.32 Å². The van der Waals surface area contributed by atoms with Crippen LogP contribution in [0.5, 0.6) is 0 Å². The zero-order valence-electron chi connectivity index (χ0n) is 38.7. The summed E-state index contributed by atoms with van der Waals surface area (Å²) in [6, 6.07) is -0.644. The van der Waals surface area contributed by atoms with Crippen molar-refractivity contribution in [1.82, 2.24) is 5.32 Å². The number of amides is 1. The van der Waals surface area contributed by atoms with Crippen molar-refractivity contribution in [2.45, 2.75) is 251 Å². The average molecular weight is 826 g/mol. The van der Waals surface area contributed by atoms with E-state index in [1.165, 1.54) is 128 Å². The third kappa shape index (κ3) is 44.9. The minimum Gasteiger partial charge on any atom is -0.466 e. The van der Waals surface area contributed by atoms with Crippen LogP contribution in [-0.4, -0.2) is 47.4 Å². The molecule has 0 aliphatic rings. The third-order valence-electron chi connectivity index (χ3n) is 11.0. The van der Waals surface area contributed by atoms with Gasteiger partial charge in [0.2, 0.25) is 5.91 Å². The Hall–Kier alpha value is -2.44. The quantitative estimate of drug-likeness (QED) is 0.0246. The number of rotatable bonds is 45. The molecule has 59 heavy (non-hydrogen) atoms. The van der Waals surface area contributed by atoms with Crippen molar-refractivity contribution in [3.63, 3.8) is 0 Å². The van der Waals surface area contributed by atoms with Gasteiger partial charge in [-0.15, -0.1) is 0 Å². The van der Waals surface area contributed by atoms with Crippen LogP contribution in [0.2, 0.25) is 0 Å². The van der Waals surface area contributed by atoms with E-state index >= 15 is 0 Å². The van der Waals surface area contributed by atoms with Gasteiger partial charge in [-0.25, -0.2) is 0 Å². The number of ether oxygens (including phenoxy) is 1. The van der Waals surface area contributed by atoms with Crippen LogP contribution in [0.4, 0.5) is 0 Å². The van der Waals surface area contributed by atoms with E-state index in [0.717, 1.165) is 83.5 Å². The molecule has 0 saturated carbocycles. The minimum atomic E-state index is -0.858. The summed E-state index contributed by atoms with van der Waals surface area (Å²) in [6.45, 7) is 4.78. The van der Waals surface area contributed by atoms with Gasteiger partial charge < -0.3 is 20.3 Å². The van der Waals surface area contributed by atoms with Crippen molar-refractivity contribution < 1.29 is 24.5 Å². The summed E-state index contributed by atoms with van der Waals surface area (Å²) >= 11 is 0. The molecule has 0 aliphatic carbocycles. The number of nitrogens with one attached hydrogen (secondary N) is 1. The fourth-order valence-corrected chi connectivity index (χ4v) is 7.12. The molecule has 0 aromatic carbocycles. The second-order valence-electron chi connectivity index (χ2n) is 16.8. The zero-order valence-corrected chi connectivity index (χ0v) is 38.7. The van der Waals surface area contributed by atoms with E-state index in [1.807, 2.05) is 6.08 Å². The molecule has 6 heteroatoms. The number of hydrogen-bond donors (Lipinski definition) is 3. The summed E-state index contributed by atoms with van der Waals surface area (Å²) in [7, 11) is 0. The van der Waals surface area contributed by atoms with Crippen LogP contribution in [0, 0.1) is 0 Å². The molecule has 0 bridgehead atoms. The molecule has 1 amide bonds. The maximum Gasteiger partial charge on any atom is 0.305 e. The molecule has 0 rings (SSSR count). The van der Waals surface area contributed by atoms with E-state index in [4.69, 9.17) is 4.74 Å². The Morgan fingerprint density at radius 2 is 0.898 bits per heavy atom. The molecule has 0 aromatic rings. The van der Waals surface area contributed by atoms with E-state index in [-0.39, 0.29) is 18.5 Å². The monoisotopic (exact) mass is 826 g/mol. The molecule has 342 valence electrons. The first kappa shape index (κ1) is 56.6. The van der Waals surface area contributed by atoms with Crippen molar-refractivity contribution >= 4 is 11.9 Å². The highest BCUT2D eigenvalue weighted by Gasteiger charge is 2.18. The Morgan fingerprint density at radius 1 is 0.492 bits per heavy atom. The van der Waals surface area contributed by atoms with Crippen LogP contribution in [0.1, 0.15) is 239 Å². The molecule has 6 nitrogen and oxygen atoms in total. The lowest BCUT2D eigenvalue weighted by Crippen LogP contribution is -2.45. The molecule has 0 aliphatic heterocycles. The van der Waals surface area contributed by atoms with Gasteiger partial charge in [0.15, 0.2) is 0 Å². The predicted molar refractivity (Wildman–Crippen MR) is 255 cm³/mol. The summed E-state index contributed by atoms with van der Waals surface area (Å²) in [6.07, 6.45) is 60.8. The molecule has 0 saturated heterocycles. The van der Waals surface area contributed by atoms with Crippen LogP contribution in [0.25, 0.3) is 0 Å². The Kier molecular flexibility index (Phi) is 46.2. The molecule has 0 radical (unpaired) electrons. The predicted octanol–water partition coefficient (Wildman–Crippen LogP) is 14.8. The van der Waals surface area contributed by atoms with E-state index in [2.05, 4.69) is 67.8 Å². The second-order valence-corrected chi connectivity index (χ2v) is 16.8. The number of carbonyl (C=O) groups excluding carboxylic acids is 2. The van der Waals surface area contributed by atoms with Gasteiger partial charge in [0.25, 0.3) is 0 Å². The van der Waals surface area contributed by atoms with Crippen molar-refractivity contribution in [1.29, 1.82) is 0 Å². The van der Waals surface area contributed by atoms with Crippen LogP contribution in [-0.2, 0) is 14.3 Å².